The molecule has 4 nitrogen and oxygen atoms in total. The molecule has 3 rings (SSSR count). The SMILES string of the molecule is Cc1cn(C2CCCCC2)c(Nc2cccnc2C)n1. The number of rotatable bonds is 3. The molecule has 2 heterocycles. The summed E-state index contributed by atoms with van der Waals surface area (Å²) in [6, 6.07) is 4.60. The second-order valence-corrected chi connectivity index (χ2v) is 5.67. The van der Waals surface area contributed by atoms with E-state index in [1.807, 2.05) is 19.2 Å². The smallest absolute Gasteiger partial charge is 0.207 e. The van der Waals surface area contributed by atoms with Gasteiger partial charge in [0.15, 0.2) is 0 Å². The van der Waals surface area contributed by atoms with Gasteiger partial charge >= 0.3 is 0 Å². The number of imidazole rings is 1. The van der Waals surface area contributed by atoms with E-state index in [9.17, 15) is 0 Å². The Morgan fingerprint density at radius 1 is 1.20 bits per heavy atom. The predicted octanol–water partition coefficient (Wildman–Crippen LogP) is 4.14. The Labute approximate surface area is 120 Å². The van der Waals surface area contributed by atoms with Gasteiger partial charge in [0.05, 0.1) is 17.1 Å². The third-order valence-electron chi connectivity index (χ3n) is 4.07. The first-order valence-electron chi connectivity index (χ1n) is 7.48. The van der Waals surface area contributed by atoms with Crippen molar-refractivity contribution in [3.05, 3.63) is 35.9 Å². The molecule has 1 N–H and O–H groups in total. The number of hydrogen-bond acceptors (Lipinski definition) is 3. The van der Waals surface area contributed by atoms with Crippen molar-refractivity contribution in [1.82, 2.24) is 14.5 Å². The zero-order valence-electron chi connectivity index (χ0n) is 12.3. The van der Waals surface area contributed by atoms with E-state index in [2.05, 4.69) is 39.0 Å². The molecule has 2 aromatic heterocycles. The largest absolute Gasteiger partial charge is 0.324 e. The highest BCUT2D eigenvalue weighted by molar-refractivity contribution is 5.56. The number of pyridine rings is 1. The molecule has 0 bridgehead atoms. The van der Waals surface area contributed by atoms with Gasteiger partial charge in [0.2, 0.25) is 5.95 Å². The molecule has 106 valence electrons. The summed E-state index contributed by atoms with van der Waals surface area (Å²) >= 11 is 0. The topological polar surface area (TPSA) is 42.7 Å². The van der Waals surface area contributed by atoms with Crippen LogP contribution in [0.1, 0.15) is 49.5 Å². The molecule has 1 aliphatic carbocycles. The quantitative estimate of drug-likeness (QED) is 0.911. The Kier molecular flexibility index (Phi) is 3.72. The summed E-state index contributed by atoms with van der Waals surface area (Å²) in [5.41, 5.74) is 3.11. The first-order valence-corrected chi connectivity index (χ1v) is 7.48. The third kappa shape index (κ3) is 2.69. The van der Waals surface area contributed by atoms with Gasteiger partial charge in [-0.15, -0.1) is 0 Å². The van der Waals surface area contributed by atoms with E-state index >= 15 is 0 Å². The molecule has 20 heavy (non-hydrogen) atoms. The average Bonchev–Trinajstić information content (AvgIpc) is 2.83. The molecular weight excluding hydrogens is 248 g/mol. The number of nitrogens with one attached hydrogen (secondary N) is 1. The highest BCUT2D eigenvalue weighted by Gasteiger charge is 2.19. The van der Waals surface area contributed by atoms with Crippen LogP contribution >= 0.6 is 0 Å². The van der Waals surface area contributed by atoms with Crippen LogP contribution in [0.5, 0.6) is 0 Å². The van der Waals surface area contributed by atoms with Crippen LogP contribution in [-0.4, -0.2) is 14.5 Å². The molecule has 0 radical (unpaired) electrons. The molecule has 0 saturated heterocycles. The molecule has 2 aromatic rings. The molecule has 1 aliphatic rings. The Balaban J connectivity index is 1.87. The maximum Gasteiger partial charge on any atom is 0.207 e. The van der Waals surface area contributed by atoms with Crippen molar-refractivity contribution in [3.63, 3.8) is 0 Å². The molecule has 0 aliphatic heterocycles. The van der Waals surface area contributed by atoms with Gasteiger partial charge in [-0.25, -0.2) is 4.98 Å². The molecule has 1 saturated carbocycles. The fourth-order valence-electron chi connectivity index (χ4n) is 2.98. The van der Waals surface area contributed by atoms with Crippen LogP contribution < -0.4 is 5.32 Å². The second kappa shape index (κ2) is 5.65. The van der Waals surface area contributed by atoms with E-state index in [4.69, 9.17) is 0 Å². The molecule has 0 aromatic carbocycles. The van der Waals surface area contributed by atoms with E-state index in [-0.39, 0.29) is 0 Å². The minimum absolute atomic E-state index is 0.587. The van der Waals surface area contributed by atoms with Crippen molar-refractivity contribution in [2.45, 2.75) is 52.0 Å². The molecule has 0 spiro atoms. The lowest BCUT2D eigenvalue weighted by molar-refractivity contribution is 0.356. The summed E-state index contributed by atoms with van der Waals surface area (Å²) in [6.45, 7) is 4.07. The zero-order valence-corrected chi connectivity index (χ0v) is 12.3. The summed E-state index contributed by atoms with van der Waals surface area (Å²) < 4.78 is 2.32. The summed E-state index contributed by atoms with van der Waals surface area (Å²) in [4.78, 5) is 8.97. The van der Waals surface area contributed by atoms with Crippen LogP contribution in [0.4, 0.5) is 11.6 Å². The minimum atomic E-state index is 0.587. The maximum atomic E-state index is 4.65. The number of hydrogen-bond donors (Lipinski definition) is 1. The van der Waals surface area contributed by atoms with Gasteiger partial charge in [0.25, 0.3) is 0 Å². The van der Waals surface area contributed by atoms with Crippen molar-refractivity contribution in [2.24, 2.45) is 0 Å². The van der Waals surface area contributed by atoms with Gasteiger partial charge < -0.3 is 9.88 Å². The number of aryl methyl sites for hydroxylation is 2. The van der Waals surface area contributed by atoms with Crippen LogP contribution in [0.3, 0.4) is 0 Å². The van der Waals surface area contributed by atoms with Gasteiger partial charge in [0, 0.05) is 18.4 Å². The predicted molar refractivity (Wildman–Crippen MR) is 81.3 cm³/mol. The van der Waals surface area contributed by atoms with Crippen molar-refractivity contribution < 1.29 is 0 Å². The number of nitrogens with zero attached hydrogens (tertiary/aromatic N) is 3. The lowest BCUT2D eigenvalue weighted by atomic mass is 9.95. The van der Waals surface area contributed by atoms with Gasteiger partial charge in [-0.1, -0.05) is 19.3 Å². The van der Waals surface area contributed by atoms with Crippen LogP contribution in [-0.2, 0) is 0 Å². The third-order valence-corrected chi connectivity index (χ3v) is 4.07. The molecule has 4 heteroatoms. The fraction of sp³-hybridized carbons (Fsp3) is 0.500. The highest BCUT2D eigenvalue weighted by Crippen LogP contribution is 2.31. The summed E-state index contributed by atoms with van der Waals surface area (Å²) in [6.07, 6.45) is 10.5. The summed E-state index contributed by atoms with van der Waals surface area (Å²) in [5, 5.41) is 3.45. The lowest BCUT2D eigenvalue weighted by Crippen LogP contribution is -2.14. The standard InChI is InChI=1S/C16H22N4/c1-12-11-20(14-7-4-3-5-8-14)16(18-12)19-15-9-6-10-17-13(15)2/h6,9-11,14H,3-5,7-8H2,1-2H3,(H,18,19). The van der Waals surface area contributed by atoms with Crippen LogP contribution in [0.2, 0.25) is 0 Å². The van der Waals surface area contributed by atoms with E-state index in [0.29, 0.717) is 6.04 Å². The van der Waals surface area contributed by atoms with Gasteiger partial charge in [-0.05, 0) is 38.8 Å². The molecule has 1 fully saturated rings. The number of anilines is 2. The second-order valence-electron chi connectivity index (χ2n) is 5.67. The normalized spacial score (nSPS) is 16.3. The first-order chi connectivity index (χ1) is 9.74. The van der Waals surface area contributed by atoms with Gasteiger partial charge in [-0.3, -0.25) is 4.98 Å². The van der Waals surface area contributed by atoms with Gasteiger partial charge in [-0.2, -0.15) is 0 Å². The molecule has 0 atom stereocenters. The molecule has 0 unspecified atom stereocenters. The number of aromatic nitrogens is 3. The minimum Gasteiger partial charge on any atom is -0.324 e. The van der Waals surface area contributed by atoms with Crippen molar-refractivity contribution in [2.75, 3.05) is 5.32 Å². The Morgan fingerprint density at radius 3 is 2.75 bits per heavy atom. The van der Waals surface area contributed by atoms with Crippen molar-refractivity contribution in [1.29, 1.82) is 0 Å². The fourth-order valence-corrected chi connectivity index (χ4v) is 2.98. The molecule has 0 amide bonds. The highest BCUT2D eigenvalue weighted by atomic mass is 15.2. The summed E-state index contributed by atoms with van der Waals surface area (Å²) in [5.74, 6) is 0.950. The summed E-state index contributed by atoms with van der Waals surface area (Å²) in [7, 11) is 0. The van der Waals surface area contributed by atoms with Gasteiger partial charge in [0.1, 0.15) is 0 Å². The average molecular weight is 270 g/mol. The van der Waals surface area contributed by atoms with E-state index in [0.717, 1.165) is 23.0 Å². The van der Waals surface area contributed by atoms with E-state index in [1.54, 1.807) is 0 Å². The molecular formula is C16H22N4. The zero-order chi connectivity index (χ0) is 13.9. The Morgan fingerprint density at radius 2 is 2.00 bits per heavy atom. The Hall–Kier alpha value is -1.84. The van der Waals surface area contributed by atoms with E-state index < -0.39 is 0 Å². The maximum absolute atomic E-state index is 4.65. The van der Waals surface area contributed by atoms with Crippen molar-refractivity contribution >= 4 is 11.6 Å². The van der Waals surface area contributed by atoms with Crippen LogP contribution in [0.25, 0.3) is 0 Å². The first kappa shape index (κ1) is 13.2. The van der Waals surface area contributed by atoms with Crippen molar-refractivity contribution in [3.8, 4) is 0 Å². The van der Waals surface area contributed by atoms with E-state index in [1.165, 1.54) is 32.1 Å². The lowest BCUT2D eigenvalue weighted by Gasteiger charge is -2.24. The Bertz CT molecular complexity index is 582. The van der Waals surface area contributed by atoms with Crippen LogP contribution in [0, 0.1) is 13.8 Å². The monoisotopic (exact) mass is 270 g/mol. The van der Waals surface area contributed by atoms with Crippen LogP contribution in [0.15, 0.2) is 24.5 Å².